The highest BCUT2D eigenvalue weighted by molar-refractivity contribution is 6.20. The Kier molecular flexibility index (Phi) is 2.60. The van der Waals surface area contributed by atoms with Crippen molar-refractivity contribution in [3.8, 4) is 0 Å². The maximum atomic E-state index is 12.1. The fraction of sp³-hybridized carbons (Fsp3) is 0.727. The van der Waals surface area contributed by atoms with Crippen molar-refractivity contribution in [1.82, 2.24) is 15.1 Å². The fourth-order valence-corrected chi connectivity index (χ4v) is 2.94. The van der Waals surface area contributed by atoms with Gasteiger partial charge in [0.05, 0.1) is 19.1 Å². The largest absolute Gasteiger partial charge is 0.418 e. The lowest BCUT2D eigenvalue weighted by atomic mass is 10.2. The molecule has 3 rings (SSSR count). The molecule has 0 aromatic carbocycles. The number of urea groups is 1. The lowest BCUT2D eigenvalue weighted by Crippen LogP contribution is -2.63. The Labute approximate surface area is 105 Å². The zero-order chi connectivity index (χ0) is 12.9. The van der Waals surface area contributed by atoms with Gasteiger partial charge in [0.2, 0.25) is 0 Å². The molecule has 7 heteroatoms. The van der Waals surface area contributed by atoms with E-state index in [1.54, 1.807) is 4.90 Å². The first-order valence-corrected chi connectivity index (χ1v) is 6.34. The Morgan fingerprint density at radius 1 is 1.33 bits per heavy atom. The molecule has 3 saturated heterocycles. The predicted octanol–water partition coefficient (Wildman–Crippen LogP) is -2.01. The Morgan fingerprint density at radius 2 is 2.00 bits per heavy atom. The summed E-state index contributed by atoms with van der Waals surface area (Å²) in [5.74, 6) is 0.418. The van der Waals surface area contributed by atoms with Gasteiger partial charge in [-0.3, -0.25) is 9.37 Å². The van der Waals surface area contributed by atoms with Crippen LogP contribution in [0.2, 0.25) is 0 Å². The van der Waals surface area contributed by atoms with Gasteiger partial charge in [0.25, 0.3) is 11.7 Å². The summed E-state index contributed by atoms with van der Waals surface area (Å²) in [6.07, 6.45) is 0. The highest BCUT2D eigenvalue weighted by Crippen LogP contribution is 2.23. The summed E-state index contributed by atoms with van der Waals surface area (Å²) in [6, 6.07) is -1.01. The maximum absolute atomic E-state index is 12.1. The number of hydrogen-bond donors (Lipinski definition) is 2. The van der Waals surface area contributed by atoms with Crippen molar-refractivity contribution in [3.05, 3.63) is 0 Å². The molecule has 2 unspecified atom stereocenters. The zero-order valence-electron chi connectivity index (χ0n) is 10.4. The predicted molar refractivity (Wildman–Crippen MR) is 64.3 cm³/mol. The van der Waals surface area contributed by atoms with Gasteiger partial charge >= 0.3 is 6.03 Å². The maximum Gasteiger partial charge on any atom is 0.418 e. The van der Waals surface area contributed by atoms with Crippen LogP contribution in [0.4, 0.5) is 4.79 Å². The van der Waals surface area contributed by atoms with Crippen molar-refractivity contribution in [2.75, 3.05) is 32.7 Å². The van der Waals surface area contributed by atoms with E-state index in [0.29, 0.717) is 12.4 Å². The van der Waals surface area contributed by atoms with Gasteiger partial charge in [0, 0.05) is 13.1 Å². The van der Waals surface area contributed by atoms with Crippen LogP contribution >= 0.6 is 0 Å². The molecular weight excluding hydrogens is 234 g/mol. The van der Waals surface area contributed by atoms with E-state index in [9.17, 15) is 9.59 Å². The van der Waals surface area contributed by atoms with Gasteiger partial charge < -0.3 is 11.1 Å². The average molecular weight is 252 g/mol. The highest BCUT2D eigenvalue weighted by Gasteiger charge is 2.56. The quantitative estimate of drug-likeness (QED) is 0.488. The molecule has 2 atom stereocenters. The standard InChI is InChI=1S/C11H18N5O2/c1-7-6-15-9(14-4-2-13-3-5-14)8(12)10(17)16(7)11(15)18/h7-8,13H,2-6,12H2,1H3/q+1. The van der Waals surface area contributed by atoms with Crippen molar-refractivity contribution in [3.63, 3.8) is 0 Å². The third-order valence-electron chi connectivity index (χ3n) is 3.82. The SMILES string of the molecule is CC1CN2C(=O)N1C(=O)C(N)C2=[N+]1CCNCC1. The molecule has 98 valence electrons. The van der Waals surface area contributed by atoms with E-state index in [1.807, 2.05) is 6.92 Å². The molecule has 0 spiro atoms. The molecule has 0 radical (unpaired) electrons. The molecule has 18 heavy (non-hydrogen) atoms. The molecule has 3 aliphatic heterocycles. The number of amides is 3. The number of nitrogens with two attached hydrogens (primary N) is 1. The van der Waals surface area contributed by atoms with E-state index in [-0.39, 0.29) is 18.0 Å². The first-order valence-electron chi connectivity index (χ1n) is 6.34. The summed E-state index contributed by atoms with van der Waals surface area (Å²) in [7, 11) is 0. The van der Waals surface area contributed by atoms with Gasteiger partial charge in [-0.25, -0.2) is 9.69 Å². The minimum atomic E-state index is -0.703. The van der Waals surface area contributed by atoms with Gasteiger partial charge in [-0.1, -0.05) is 0 Å². The van der Waals surface area contributed by atoms with Crippen LogP contribution in [0.25, 0.3) is 0 Å². The van der Waals surface area contributed by atoms with Crippen LogP contribution in [0.1, 0.15) is 6.92 Å². The van der Waals surface area contributed by atoms with Gasteiger partial charge in [-0.2, -0.15) is 4.90 Å². The minimum absolute atomic E-state index is 0.0866. The van der Waals surface area contributed by atoms with E-state index in [4.69, 9.17) is 5.73 Å². The highest BCUT2D eigenvalue weighted by atomic mass is 16.2. The van der Waals surface area contributed by atoms with E-state index in [2.05, 4.69) is 9.89 Å². The van der Waals surface area contributed by atoms with Crippen LogP contribution in [-0.4, -0.2) is 77.0 Å². The first-order chi connectivity index (χ1) is 8.61. The van der Waals surface area contributed by atoms with Crippen LogP contribution in [-0.2, 0) is 4.79 Å². The van der Waals surface area contributed by atoms with Crippen LogP contribution < -0.4 is 11.1 Å². The fourth-order valence-electron chi connectivity index (χ4n) is 2.94. The Morgan fingerprint density at radius 3 is 2.67 bits per heavy atom. The Hall–Kier alpha value is -1.47. The molecule has 3 aliphatic rings. The van der Waals surface area contributed by atoms with Gasteiger partial charge in [0.1, 0.15) is 6.54 Å². The van der Waals surface area contributed by atoms with E-state index in [1.165, 1.54) is 4.90 Å². The molecule has 3 N–H and O–H groups in total. The van der Waals surface area contributed by atoms with Crippen molar-refractivity contribution >= 4 is 17.8 Å². The number of rotatable bonds is 0. The number of piperazine rings is 1. The number of nitrogens with zero attached hydrogens (tertiary/aromatic N) is 3. The normalized spacial score (nSPS) is 32.6. The second-order valence-electron chi connectivity index (χ2n) is 5.02. The number of nitrogens with one attached hydrogen (secondary N) is 1. The molecule has 7 nitrogen and oxygen atoms in total. The second kappa shape index (κ2) is 4.03. The monoisotopic (exact) mass is 252 g/mol. The molecular formula is C11H18N5O2+. The summed E-state index contributed by atoms with van der Waals surface area (Å²) >= 11 is 0. The summed E-state index contributed by atoms with van der Waals surface area (Å²) in [6.45, 7) is 5.71. The molecule has 3 amide bonds. The zero-order valence-corrected chi connectivity index (χ0v) is 10.4. The first kappa shape index (κ1) is 11.6. The lowest BCUT2D eigenvalue weighted by Gasteiger charge is -2.28. The molecule has 3 fully saturated rings. The number of imide groups is 1. The van der Waals surface area contributed by atoms with Crippen LogP contribution in [0, 0.1) is 0 Å². The van der Waals surface area contributed by atoms with E-state index < -0.39 is 6.04 Å². The topological polar surface area (TPSA) is 81.7 Å². The number of hydrogen-bond acceptors (Lipinski definition) is 4. The minimum Gasteiger partial charge on any atom is -0.310 e. The van der Waals surface area contributed by atoms with Gasteiger partial charge in [-0.15, -0.1) is 0 Å². The van der Waals surface area contributed by atoms with Crippen LogP contribution in [0.15, 0.2) is 0 Å². The van der Waals surface area contributed by atoms with Crippen molar-refractivity contribution in [2.24, 2.45) is 5.73 Å². The average Bonchev–Trinajstić information content (AvgIpc) is 2.60. The van der Waals surface area contributed by atoms with Crippen molar-refractivity contribution < 1.29 is 14.2 Å². The smallest absolute Gasteiger partial charge is 0.310 e. The van der Waals surface area contributed by atoms with Crippen LogP contribution in [0.3, 0.4) is 0 Å². The number of carbonyl (C=O) groups is 2. The van der Waals surface area contributed by atoms with Crippen LogP contribution in [0.5, 0.6) is 0 Å². The van der Waals surface area contributed by atoms with Crippen molar-refractivity contribution in [1.29, 1.82) is 0 Å². The Bertz CT molecular complexity index is 439. The van der Waals surface area contributed by atoms with Gasteiger partial charge in [0.15, 0.2) is 6.04 Å². The van der Waals surface area contributed by atoms with Gasteiger partial charge in [-0.05, 0) is 6.92 Å². The van der Waals surface area contributed by atoms with Crippen molar-refractivity contribution in [2.45, 2.75) is 19.0 Å². The molecule has 2 bridgehead atoms. The summed E-state index contributed by atoms with van der Waals surface area (Å²) in [5, 5.41) is 3.25. The number of fused-ring (bicyclic) bond motifs is 2. The molecule has 0 aromatic heterocycles. The van der Waals surface area contributed by atoms with E-state index in [0.717, 1.165) is 26.2 Å². The number of carbonyl (C=O) groups excluding carboxylic acids is 2. The second-order valence-corrected chi connectivity index (χ2v) is 5.02. The third kappa shape index (κ3) is 1.47. The molecule has 0 aromatic rings. The summed E-state index contributed by atoms with van der Waals surface area (Å²) in [4.78, 5) is 27.2. The number of amidine groups is 1. The Balaban J connectivity index is 2.04. The third-order valence-corrected chi connectivity index (χ3v) is 3.82. The summed E-state index contributed by atoms with van der Waals surface area (Å²) < 4.78 is 2.06. The molecule has 0 saturated carbocycles. The van der Waals surface area contributed by atoms with E-state index >= 15 is 0 Å². The summed E-state index contributed by atoms with van der Waals surface area (Å²) in [5.41, 5.74) is 6.01. The molecule has 0 aliphatic carbocycles. The lowest BCUT2D eigenvalue weighted by molar-refractivity contribution is -0.537. The molecule has 3 heterocycles.